The zero-order valence-corrected chi connectivity index (χ0v) is 13.2. The fourth-order valence-electron chi connectivity index (χ4n) is 2.79. The lowest BCUT2D eigenvalue weighted by Gasteiger charge is -2.22. The van der Waals surface area contributed by atoms with Gasteiger partial charge in [0, 0.05) is 18.7 Å². The Balaban J connectivity index is 1.74. The fraction of sp³-hybridized carbons (Fsp3) is 0.588. The quantitative estimate of drug-likeness (QED) is 0.845. The summed E-state index contributed by atoms with van der Waals surface area (Å²) in [5.41, 5.74) is 2.15. The van der Waals surface area contributed by atoms with E-state index in [9.17, 15) is 4.79 Å². The number of benzene rings is 1. The standard InChI is InChI=1S/C17H27N3O/c1-20(2)13-15-5-8-16(9-6-15)19-17(21)10-7-14-4-3-11-18-12-14/h5-6,8-9,14,18H,3-4,7,10-13H2,1-2H3,(H,19,21). The number of nitrogens with zero attached hydrogens (tertiary/aromatic N) is 1. The molecule has 116 valence electrons. The van der Waals surface area contributed by atoms with E-state index in [0.29, 0.717) is 12.3 Å². The van der Waals surface area contributed by atoms with Gasteiger partial charge >= 0.3 is 0 Å². The molecule has 1 heterocycles. The maximum absolute atomic E-state index is 12.0. The first-order chi connectivity index (χ1) is 10.1. The maximum atomic E-state index is 12.0. The van der Waals surface area contributed by atoms with Crippen molar-refractivity contribution in [1.82, 2.24) is 10.2 Å². The highest BCUT2D eigenvalue weighted by Crippen LogP contribution is 2.17. The molecule has 0 saturated carbocycles. The van der Waals surface area contributed by atoms with E-state index >= 15 is 0 Å². The minimum Gasteiger partial charge on any atom is -0.326 e. The number of carbonyl (C=O) groups excluding carboxylic acids is 1. The van der Waals surface area contributed by atoms with Crippen LogP contribution in [0.4, 0.5) is 5.69 Å². The highest BCUT2D eigenvalue weighted by molar-refractivity contribution is 5.90. The van der Waals surface area contributed by atoms with Crippen LogP contribution < -0.4 is 10.6 Å². The van der Waals surface area contributed by atoms with Crippen LogP contribution in [0, 0.1) is 5.92 Å². The van der Waals surface area contributed by atoms with E-state index in [-0.39, 0.29) is 5.91 Å². The number of hydrogen-bond acceptors (Lipinski definition) is 3. The monoisotopic (exact) mass is 289 g/mol. The topological polar surface area (TPSA) is 44.4 Å². The molecule has 1 saturated heterocycles. The molecule has 1 fully saturated rings. The van der Waals surface area contributed by atoms with Gasteiger partial charge in [0.25, 0.3) is 0 Å². The third kappa shape index (κ3) is 5.86. The first-order valence-corrected chi connectivity index (χ1v) is 7.88. The van der Waals surface area contributed by atoms with Crippen molar-refractivity contribution in [2.45, 2.75) is 32.2 Å². The van der Waals surface area contributed by atoms with Crippen molar-refractivity contribution in [2.75, 3.05) is 32.5 Å². The Bertz CT molecular complexity index is 436. The Morgan fingerprint density at radius 1 is 1.33 bits per heavy atom. The minimum atomic E-state index is 0.126. The molecule has 21 heavy (non-hydrogen) atoms. The van der Waals surface area contributed by atoms with Crippen LogP contribution in [0.1, 0.15) is 31.2 Å². The van der Waals surface area contributed by atoms with Crippen molar-refractivity contribution in [1.29, 1.82) is 0 Å². The van der Waals surface area contributed by atoms with Crippen LogP contribution in [0.2, 0.25) is 0 Å². The lowest BCUT2D eigenvalue weighted by molar-refractivity contribution is -0.116. The molecule has 0 bridgehead atoms. The predicted octanol–water partition coefficient (Wildman–Crippen LogP) is 2.47. The van der Waals surface area contributed by atoms with E-state index in [2.05, 4.69) is 41.8 Å². The van der Waals surface area contributed by atoms with Crippen LogP contribution in [0.25, 0.3) is 0 Å². The van der Waals surface area contributed by atoms with Gasteiger partial charge in [-0.1, -0.05) is 12.1 Å². The summed E-state index contributed by atoms with van der Waals surface area (Å²) in [5.74, 6) is 0.785. The van der Waals surface area contributed by atoms with Crippen molar-refractivity contribution < 1.29 is 4.79 Å². The first kappa shape index (κ1) is 16.0. The van der Waals surface area contributed by atoms with Crippen LogP contribution in [-0.4, -0.2) is 38.0 Å². The Hall–Kier alpha value is -1.39. The number of hydrogen-bond donors (Lipinski definition) is 2. The summed E-state index contributed by atoms with van der Waals surface area (Å²) in [4.78, 5) is 14.1. The molecule has 1 aromatic rings. The highest BCUT2D eigenvalue weighted by atomic mass is 16.1. The molecule has 1 aromatic carbocycles. The Morgan fingerprint density at radius 2 is 2.10 bits per heavy atom. The van der Waals surface area contributed by atoms with E-state index in [0.717, 1.165) is 31.7 Å². The molecule has 2 N–H and O–H groups in total. The summed E-state index contributed by atoms with van der Waals surface area (Å²) in [6, 6.07) is 8.11. The molecule has 0 aliphatic carbocycles. The van der Waals surface area contributed by atoms with Crippen LogP contribution in [0.5, 0.6) is 0 Å². The third-order valence-corrected chi connectivity index (χ3v) is 3.92. The van der Waals surface area contributed by atoms with E-state index in [4.69, 9.17) is 0 Å². The maximum Gasteiger partial charge on any atom is 0.224 e. The van der Waals surface area contributed by atoms with E-state index < -0.39 is 0 Å². The zero-order chi connectivity index (χ0) is 15.1. The van der Waals surface area contributed by atoms with Gasteiger partial charge in [0.1, 0.15) is 0 Å². The highest BCUT2D eigenvalue weighted by Gasteiger charge is 2.14. The van der Waals surface area contributed by atoms with Gasteiger partial charge in [-0.2, -0.15) is 0 Å². The molecular weight excluding hydrogens is 262 g/mol. The first-order valence-electron chi connectivity index (χ1n) is 7.88. The van der Waals surface area contributed by atoms with Crippen molar-refractivity contribution in [3.05, 3.63) is 29.8 Å². The smallest absolute Gasteiger partial charge is 0.224 e. The van der Waals surface area contributed by atoms with Gasteiger partial charge in [-0.3, -0.25) is 4.79 Å². The zero-order valence-electron chi connectivity index (χ0n) is 13.2. The van der Waals surface area contributed by atoms with Gasteiger partial charge in [0.15, 0.2) is 0 Å². The SMILES string of the molecule is CN(C)Cc1ccc(NC(=O)CCC2CCCNC2)cc1. The summed E-state index contributed by atoms with van der Waals surface area (Å²) in [6.45, 7) is 3.11. The van der Waals surface area contributed by atoms with Crippen molar-refractivity contribution >= 4 is 11.6 Å². The largest absolute Gasteiger partial charge is 0.326 e. The van der Waals surface area contributed by atoms with Crippen LogP contribution in [0.15, 0.2) is 24.3 Å². The average Bonchev–Trinajstić information content (AvgIpc) is 2.48. The molecule has 4 nitrogen and oxygen atoms in total. The molecular formula is C17H27N3O. The fourth-order valence-corrected chi connectivity index (χ4v) is 2.79. The summed E-state index contributed by atoms with van der Waals surface area (Å²) >= 11 is 0. The molecule has 1 amide bonds. The number of nitrogens with one attached hydrogen (secondary N) is 2. The van der Waals surface area contributed by atoms with Gasteiger partial charge in [-0.15, -0.1) is 0 Å². The second-order valence-corrected chi connectivity index (χ2v) is 6.23. The number of anilines is 1. The lowest BCUT2D eigenvalue weighted by Crippen LogP contribution is -2.30. The molecule has 0 radical (unpaired) electrons. The van der Waals surface area contributed by atoms with Gasteiger partial charge < -0.3 is 15.5 Å². The van der Waals surface area contributed by atoms with Crippen molar-refractivity contribution in [3.8, 4) is 0 Å². The van der Waals surface area contributed by atoms with Gasteiger partial charge in [-0.05, 0) is 70.1 Å². The number of carbonyl (C=O) groups is 1. The molecule has 0 spiro atoms. The summed E-state index contributed by atoms with van der Waals surface area (Å²) in [6.07, 6.45) is 4.09. The molecule has 1 unspecified atom stereocenters. The van der Waals surface area contributed by atoms with Gasteiger partial charge in [-0.25, -0.2) is 0 Å². The van der Waals surface area contributed by atoms with Crippen LogP contribution in [0.3, 0.4) is 0 Å². The second kappa shape index (κ2) is 8.15. The summed E-state index contributed by atoms with van der Waals surface area (Å²) < 4.78 is 0. The third-order valence-electron chi connectivity index (χ3n) is 3.92. The van der Waals surface area contributed by atoms with Gasteiger partial charge in [0.2, 0.25) is 5.91 Å². The van der Waals surface area contributed by atoms with E-state index in [1.807, 2.05) is 12.1 Å². The Kier molecular flexibility index (Phi) is 6.21. The molecule has 1 aliphatic rings. The Labute approximate surface area is 127 Å². The van der Waals surface area contributed by atoms with Gasteiger partial charge in [0.05, 0.1) is 0 Å². The normalized spacial score (nSPS) is 18.7. The van der Waals surface area contributed by atoms with Crippen molar-refractivity contribution in [3.63, 3.8) is 0 Å². The summed E-state index contributed by atoms with van der Waals surface area (Å²) in [5, 5.41) is 6.38. The number of amides is 1. The second-order valence-electron chi connectivity index (χ2n) is 6.23. The van der Waals surface area contributed by atoms with E-state index in [1.54, 1.807) is 0 Å². The molecule has 1 atom stereocenters. The molecule has 0 aromatic heterocycles. The number of rotatable bonds is 6. The predicted molar refractivity (Wildman–Crippen MR) is 87.3 cm³/mol. The molecule has 2 rings (SSSR count). The summed E-state index contributed by atoms with van der Waals surface area (Å²) in [7, 11) is 4.10. The average molecular weight is 289 g/mol. The number of piperidine rings is 1. The van der Waals surface area contributed by atoms with Crippen LogP contribution >= 0.6 is 0 Å². The molecule has 4 heteroatoms. The minimum absolute atomic E-state index is 0.126. The van der Waals surface area contributed by atoms with Crippen LogP contribution in [-0.2, 0) is 11.3 Å². The lowest BCUT2D eigenvalue weighted by atomic mass is 9.94. The van der Waals surface area contributed by atoms with E-state index in [1.165, 1.54) is 18.4 Å². The molecule has 1 aliphatic heterocycles. The Morgan fingerprint density at radius 3 is 2.71 bits per heavy atom. The van der Waals surface area contributed by atoms with Crippen molar-refractivity contribution in [2.24, 2.45) is 5.92 Å².